The van der Waals surface area contributed by atoms with Crippen molar-refractivity contribution >= 4 is 28.9 Å². The Morgan fingerprint density at radius 1 is 1.26 bits per heavy atom. The van der Waals surface area contributed by atoms with Gasteiger partial charge >= 0.3 is 5.97 Å². The second-order valence-corrected chi connectivity index (χ2v) is 5.34. The van der Waals surface area contributed by atoms with Gasteiger partial charge in [-0.1, -0.05) is 12.1 Å². The summed E-state index contributed by atoms with van der Waals surface area (Å²) in [6.07, 6.45) is -0.00346. The molecule has 1 aromatic carbocycles. The fourth-order valence-corrected chi connectivity index (χ4v) is 2.45. The number of carbonyl (C=O) groups is 2. The molecular weight excluding hydrogens is 320 g/mol. The summed E-state index contributed by atoms with van der Waals surface area (Å²) in [5, 5.41) is 16.9. The van der Waals surface area contributed by atoms with Gasteiger partial charge in [0.05, 0.1) is 16.9 Å². The maximum Gasteiger partial charge on any atom is 0.307 e. The van der Waals surface area contributed by atoms with Gasteiger partial charge in [-0.15, -0.1) is 0 Å². The number of nitro groups is 1. The first-order valence-electron chi connectivity index (χ1n) is 6.76. The van der Waals surface area contributed by atoms with Crippen LogP contribution in [0.5, 0.6) is 0 Å². The van der Waals surface area contributed by atoms with Crippen LogP contribution in [0.25, 0.3) is 0 Å². The fourth-order valence-electron chi connectivity index (χ4n) is 1.82. The van der Waals surface area contributed by atoms with E-state index in [9.17, 15) is 19.7 Å². The third kappa shape index (κ3) is 4.89. The van der Waals surface area contributed by atoms with E-state index in [2.05, 4.69) is 5.32 Å². The van der Waals surface area contributed by atoms with E-state index in [0.717, 1.165) is 0 Å². The van der Waals surface area contributed by atoms with Crippen LogP contribution in [0.15, 0.2) is 41.1 Å². The third-order valence-electron chi connectivity index (χ3n) is 2.98. The summed E-state index contributed by atoms with van der Waals surface area (Å²) in [4.78, 5) is 33.6. The van der Waals surface area contributed by atoms with Crippen molar-refractivity contribution in [2.45, 2.75) is 13.0 Å². The molecule has 0 spiro atoms. The molecule has 1 aromatic heterocycles. The molecule has 0 radical (unpaired) electrons. The Balaban J connectivity index is 1.75. The molecule has 0 bridgehead atoms. The number of hydrogen-bond donors (Lipinski definition) is 1. The van der Waals surface area contributed by atoms with Crippen molar-refractivity contribution in [1.29, 1.82) is 0 Å². The van der Waals surface area contributed by atoms with Crippen molar-refractivity contribution in [3.05, 3.63) is 62.3 Å². The second-order valence-electron chi connectivity index (χ2n) is 4.56. The molecule has 1 amide bonds. The summed E-state index contributed by atoms with van der Waals surface area (Å²) in [6.45, 7) is -0.0289. The Kier molecular flexibility index (Phi) is 5.81. The Morgan fingerprint density at radius 3 is 2.74 bits per heavy atom. The molecule has 0 aliphatic rings. The first-order valence-corrected chi connectivity index (χ1v) is 7.70. The van der Waals surface area contributed by atoms with Crippen LogP contribution < -0.4 is 5.32 Å². The predicted octanol–water partition coefficient (Wildman–Crippen LogP) is 2.52. The van der Waals surface area contributed by atoms with Crippen LogP contribution in [0.1, 0.15) is 22.3 Å². The van der Waals surface area contributed by atoms with Gasteiger partial charge in [-0.3, -0.25) is 19.7 Å². The molecule has 0 fully saturated rings. The molecule has 23 heavy (non-hydrogen) atoms. The number of nitrogens with zero attached hydrogens (tertiary/aromatic N) is 1. The Hall–Kier alpha value is -2.74. The molecule has 1 heterocycles. The normalized spacial score (nSPS) is 10.1. The number of nitrogens with one attached hydrogen (secondary N) is 1. The monoisotopic (exact) mass is 334 g/mol. The highest BCUT2D eigenvalue weighted by molar-refractivity contribution is 7.08. The lowest BCUT2D eigenvalue weighted by Gasteiger charge is -2.06. The highest BCUT2D eigenvalue weighted by atomic mass is 32.1. The number of nitro benzene ring substituents is 1. The van der Waals surface area contributed by atoms with Gasteiger partial charge in [0.1, 0.15) is 6.61 Å². The highest BCUT2D eigenvalue weighted by Gasteiger charge is 2.14. The van der Waals surface area contributed by atoms with E-state index < -0.39 is 10.9 Å². The van der Waals surface area contributed by atoms with Crippen molar-refractivity contribution in [2.75, 3.05) is 6.54 Å². The quantitative estimate of drug-likeness (QED) is 0.476. The zero-order chi connectivity index (χ0) is 16.7. The number of benzene rings is 1. The van der Waals surface area contributed by atoms with Crippen molar-refractivity contribution in [1.82, 2.24) is 5.32 Å². The molecule has 0 unspecified atom stereocenters. The second kappa shape index (κ2) is 8.04. The molecule has 0 aliphatic heterocycles. The van der Waals surface area contributed by atoms with Gasteiger partial charge in [-0.25, -0.2) is 0 Å². The topological polar surface area (TPSA) is 98.5 Å². The molecule has 2 aromatic rings. The fraction of sp³-hybridized carbons (Fsp3) is 0.200. The molecule has 1 N–H and O–H groups in total. The van der Waals surface area contributed by atoms with Gasteiger partial charge < -0.3 is 10.1 Å². The predicted molar refractivity (Wildman–Crippen MR) is 84.2 cm³/mol. The maximum atomic E-state index is 11.7. The number of thiophene rings is 1. The average molecular weight is 334 g/mol. The lowest BCUT2D eigenvalue weighted by atomic mass is 10.2. The largest absolute Gasteiger partial charge is 0.460 e. The Labute approximate surface area is 136 Å². The van der Waals surface area contributed by atoms with Crippen LogP contribution in [0.4, 0.5) is 5.69 Å². The minimum atomic E-state index is -0.534. The van der Waals surface area contributed by atoms with E-state index >= 15 is 0 Å². The molecular formula is C15H14N2O5S. The SMILES string of the molecule is O=C(CCNC(=O)c1ccsc1)OCc1ccccc1[N+](=O)[O-]. The van der Waals surface area contributed by atoms with Crippen LogP contribution in [-0.2, 0) is 16.1 Å². The summed E-state index contributed by atoms with van der Waals surface area (Å²) in [5.41, 5.74) is 0.780. The highest BCUT2D eigenvalue weighted by Crippen LogP contribution is 2.18. The first kappa shape index (κ1) is 16.6. The molecule has 0 saturated heterocycles. The van der Waals surface area contributed by atoms with Crippen LogP contribution in [0.3, 0.4) is 0 Å². The number of para-hydroxylation sites is 1. The van der Waals surface area contributed by atoms with E-state index in [1.54, 1.807) is 29.0 Å². The van der Waals surface area contributed by atoms with Gasteiger partial charge in [0.2, 0.25) is 0 Å². The lowest BCUT2D eigenvalue weighted by molar-refractivity contribution is -0.385. The summed E-state index contributed by atoms with van der Waals surface area (Å²) in [7, 11) is 0. The molecule has 7 nitrogen and oxygen atoms in total. The van der Waals surface area contributed by atoms with Gasteiger partial charge in [-0.2, -0.15) is 11.3 Å². The molecule has 120 valence electrons. The van der Waals surface area contributed by atoms with Gasteiger partial charge in [-0.05, 0) is 17.5 Å². The number of esters is 1. The van der Waals surface area contributed by atoms with Crippen molar-refractivity contribution in [3.63, 3.8) is 0 Å². The van der Waals surface area contributed by atoms with Gasteiger partial charge in [0.15, 0.2) is 0 Å². The third-order valence-corrected chi connectivity index (χ3v) is 3.66. The van der Waals surface area contributed by atoms with Crippen LogP contribution in [0.2, 0.25) is 0 Å². The molecule has 0 atom stereocenters. The van der Waals surface area contributed by atoms with Crippen molar-refractivity contribution in [2.24, 2.45) is 0 Å². The Bertz CT molecular complexity index is 700. The minimum Gasteiger partial charge on any atom is -0.460 e. The number of carbonyl (C=O) groups excluding carboxylic acids is 2. The van der Waals surface area contributed by atoms with Crippen molar-refractivity contribution in [3.8, 4) is 0 Å². The number of hydrogen-bond acceptors (Lipinski definition) is 6. The van der Waals surface area contributed by atoms with E-state index in [4.69, 9.17) is 4.74 Å². The smallest absolute Gasteiger partial charge is 0.307 e. The maximum absolute atomic E-state index is 11.7. The van der Waals surface area contributed by atoms with Gasteiger partial charge in [0.25, 0.3) is 11.6 Å². The van der Waals surface area contributed by atoms with E-state index in [1.165, 1.54) is 23.5 Å². The zero-order valence-electron chi connectivity index (χ0n) is 12.1. The van der Waals surface area contributed by atoms with E-state index in [1.807, 2.05) is 0 Å². The van der Waals surface area contributed by atoms with Crippen LogP contribution in [-0.4, -0.2) is 23.3 Å². The Morgan fingerprint density at radius 2 is 2.04 bits per heavy atom. The summed E-state index contributed by atoms with van der Waals surface area (Å²) >= 11 is 1.41. The summed E-state index contributed by atoms with van der Waals surface area (Å²) in [5.74, 6) is -0.786. The average Bonchev–Trinajstić information content (AvgIpc) is 3.07. The van der Waals surface area contributed by atoms with E-state index in [0.29, 0.717) is 11.1 Å². The van der Waals surface area contributed by atoms with Crippen LogP contribution in [0, 0.1) is 10.1 Å². The lowest BCUT2D eigenvalue weighted by Crippen LogP contribution is -2.26. The number of ether oxygens (including phenoxy) is 1. The van der Waals surface area contributed by atoms with Crippen molar-refractivity contribution < 1.29 is 19.2 Å². The van der Waals surface area contributed by atoms with Crippen LogP contribution >= 0.6 is 11.3 Å². The van der Waals surface area contributed by atoms with E-state index in [-0.39, 0.29) is 31.2 Å². The molecule has 0 saturated carbocycles. The standard InChI is InChI=1S/C15H14N2O5S/c18-14(5-7-16-15(19)12-6-8-23-10-12)22-9-11-3-1-2-4-13(11)17(20)21/h1-4,6,8,10H,5,7,9H2,(H,16,19). The first-order chi connectivity index (χ1) is 11.1. The number of amides is 1. The molecule has 2 rings (SSSR count). The minimum absolute atomic E-state index is 0.00346. The summed E-state index contributed by atoms with van der Waals surface area (Å²) in [6, 6.07) is 7.75. The summed E-state index contributed by atoms with van der Waals surface area (Å²) < 4.78 is 5.00. The molecule has 0 aliphatic carbocycles. The molecule has 8 heteroatoms. The number of rotatable bonds is 7. The zero-order valence-corrected chi connectivity index (χ0v) is 12.9. The van der Waals surface area contributed by atoms with Gasteiger partial charge in [0, 0.05) is 23.6 Å².